The van der Waals surface area contributed by atoms with Crippen LogP contribution < -0.4 is 21.3 Å². The largest absolute Gasteiger partial charge is 0.453 e. The number of carbonyl (C=O) groups is 4. The Morgan fingerprint density at radius 2 is 1.62 bits per heavy atom. The van der Waals surface area contributed by atoms with Crippen LogP contribution in [0.15, 0.2) is 54.7 Å². The first-order valence-corrected chi connectivity index (χ1v) is 15.4. The maximum Gasteiger partial charge on any atom is 0.407 e. The molecule has 0 radical (unpaired) electrons. The predicted molar refractivity (Wildman–Crippen MR) is 183 cm³/mol. The number of amides is 5. The number of ether oxygens (including phenoxy) is 1. The lowest BCUT2D eigenvalue weighted by Crippen LogP contribution is -2.51. The van der Waals surface area contributed by atoms with Gasteiger partial charge in [-0.1, -0.05) is 62.4 Å². The average Bonchev–Trinajstić information content (AvgIpc) is 3.84. The normalized spacial score (nSPS) is 17.7. The van der Waals surface area contributed by atoms with Crippen LogP contribution in [0.4, 0.5) is 9.59 Å². The van der Waals surface area contributed by atoms with Gasteiger partial charge in [0.25, 0.3) is 0 Å². The highest BCUT2D eigenvalue weighted by Crippen LogP contribution is 2.33. The molecule has 1 aromatic heterocycles. The summed E-state index contributed by atoms with van der Waals surface area (Å²) in [4.78, 5) is 59.3. The summed E-state index contributed by atoms with van der Waals surface area (Å²) in [6.07, 6.45) is 4.47. The second kappa shape index (κ2) is 17.1. The van der Waals surface area contributed by atoms with Crippen LogP contribution in [0.2, 0.25) is 0 Å². The number of hydrogen-bond donors (Lipinski definition) is 5. The molecular formula is C33H43Cl2N7O5. The Morgan fingerprint density at radius 3 is 2.23 bits per heavy atom. The first-order valence-electron chi connectivity index (χ1n) is 15.4. The number of aromatic amines is 1. The minimum absolute atomic E-state index is 0. The maximum atomic E-state index is 13.4. The summed E-state index contributed by atoms with van der Waals surface area (Å²) in [5.41, 5.74) is 4.81. The average molecular weight is 689 g/mol. The van der Waals surface area contributed by atoms with Crippen molar-refractivity contribution in [1.82, 2.24) is 36.1 Å². The zero-order chi connectivity index (χ0) is 31.9. The van der Waals surface area contributed by atoms with Crippen LogP contribution in [0.3, 0.4) is 0 Å². The van der Waals surface area contributed by atoms with Gasteiger partial charge in [0, 0.05) is 13.1 Å². The second-order valence-electron chi connectivity index (χ2n) is 11.8. The minimum Gasteiger partial charge on any atom is -0.453 e. The van der Waals surface area contributed by atoms with Crippen molar-refractivity contribution >= 4 is 48.8 Å². The monoisotopic (exact) mass is 687 g/mol. The van der Waals surface area contributed by atoms with Crippen molar-refractivity contribution in [1.29, 1.82) is 0 Å². The predicted octanol–water partition coefficient (Wildman–Crippen LogP) is 4.71. The van der Waals surface area contributed by atoms with Gasteiger partial charge in [-0.25, -0.2) is 14.6 Å². The molecule has 3 aromatic rings. The summed E-state index contributed by atoms with van der Waals surface area (Å²) in [6, 6.07) is 14.3. The van der Waals surface area contributed by atoms with Crippen molar-refractivity contribution < 1.29 is 23.9 Å². The van der Waals surface area contributed by atoms with Crippen molar-refractivity contribution in [2.75, 3.05) is 20.2 Å². The third-order valence-electron chi connectivity index (χ3n) is 8.39. The first-order chi connectivity index (χ1) is 21.7. The van der Waals surface area contributed by atoms with Gasteiger partial charge in [-0.3, -0.25) is 14.9 Å². The van der Waals surface area contributed by atoms with Gasteiger partial charge in [0.15, 0.2) is 0 Å². The lowest BCUT2D eigenvalue weighted by molar-refractivity contribution is -0.135. The van der Waals surface area contributed by atoms with Crippen LogP contribution in [-0.4, -0.2) is 71.1 Å². The number of halogens is 2. The molecule has 12 nitrogen and oxygen atoms in total. The molecule has 2 aromatic carbocycles. The molecule has 3 atom stereocenters. The molecule has 254 valence electrons. The smallest absolute Gasteiger partial charge is 0.407 e. The highest BCUT2D eigenvalue weighted by Gasteiger charge is 2.37. The fraction of sp³-hybridized carbons (Fsp3) is 0.424. The summed E-state index contributed by atoms with van der Waals surface area (Å²) in [6.45, 7) is 5.49. The molecule has 5 rings (SSSR count). The Balaban J connectivity index is 0.00000300. The fourth-order valence-electron chi connectivity index (χ4n) is 5.84. The lowest BCUT2D eigenvalue weighted by Gasteiger charge is -2.30. The molecule has 47 heavy (non-hydrogen) atoms. The summed E-state index contributed by atoms with van der Waals surface area (Å²) >= 11 is 0. The quantitative estimate of drug-likeness (QED) is 0.218. The molecule has 1 unspecified atom stereocenters. The molecule has 0 aliphatic carbocycles. The Bertz CT molecular complexity index is 1510. The number of methoxy groups -OCH3 is 1. The molecule has 2 saturated heterocycles. The Labute approximate surface area is 287 Å². The zero-order valence-electron chi connectivity index (χ0n) is 26.7. The Hall–Kier alpha value is -4.13. The number of aromatic nitrogens is 2. The molecular weight excluding hydrogens is 645 g/mol. The van der Waals surface area contributed by atoms with E-state index < -0.39 is 18.2 Å². The highest BCUT2D eigenvalue weighted by atomic mass is 35.5. The fourth-order valence-corrected chi connectivity index (χ4v) is 5.84. The maximum absolute atomic E-state index is 13.4. The topological polar surface area (TPSA) is 158 Å². The third kappa shape index (κ3) is 9.24. The van der Waals surface area contributed by atoms with E-state index in [1.807, 2.05) is 62.4 Å². The number of H-pyrrole nitrogens is 1. The molecule has 14 heteroatoms. The van der Waals surface area contributed by atoms with Crippen molar-refractivity contribution in [2.24, 2.45) is 5.92 Å². The van der Waals surface area contributed by atoms with Crippen molar-refractivity contribution in [3.05, 3.63) is 66.1 Å². The molecule has 0 saturated carbocycles. The number of hydrogen-bond acceptors (Lipinski definition) is 7. The van der Waals surface area contributed by atoms with E-state index in [0.29, 0.717) is 13.1 Å². The van der Waals surface area contributed by atoms with Gasteiger partial charge < -0.3 is 30.6 Å². The van der Waals surface area contributed by atoms with E-state index >= 15 is 0 Å². The van der Waals surface area contributed by atoms with Crippen LogP contribution >= 0.6 is 24.8 Å². The van der Waals surface area contributed by atoms with Crippen LogP contribution in [0.25, 0.3) is 22.4 Å². The number of imidazole rings is 1. The van der Waals surface area contributed by atoms with Crippen LogP contribution in [0.5, 0.6) is 0 Å². The van der Waals surface area contributed by atoms with Gasteiger partial charge in [-0.2, -0.15) is 0 Å². The standard InChI is InChI=1S/C33H41N7O5.2ClH/c1-20(2)28(38-33(44)45-3)31(42)40-17-5-7-27(40)29-35-19-26(37-29)24-14-12-23(13-15-24)22-10-8-21(9-11-22)18-36-32(43)39-30(41)25-6-4-16-34-25;;/h8-15,19-20,25,27-28,34H,4-7,16-18H2,1-3H3,(H,35,37)(H,38,44)(H2,36,39,41,43);2*1H/t25?,27-,28-;;/m0../s1. The van der Waals surface area contributed by atoms with Crippen molar-refractivity contribution in [3.8, 4) is 22.4 Å². The van der Waals surface area contributed by atoms with Crippen LogP contribution in [0, 0.1) is 5.92 Å². The van der Waals surface area contributed by atoms with E-state index in [4.69, 9.17) is 4.74 Å². The minimum atomic E-state index is -0.681. The van der Waals surface area contributed by atoms with E-state index in [1.165, 1.54) is 7.11 Å². The molecule has 0 bridgehead atoms. The van der Waals surface area contributed by atoms with E-state index in [9.17, 15) is 19.2 Å². The van der Waals surface area contributed by atoms with Gasteiger partial charge in [0.2, 0.25) is 11.8 Å². The number of imide groups is 1. The second-order valence-corrected chi connectivity index (χ2v) is 11.8. The summed E-state index contributed by atoms with van der Waals surface area (Å²) in [5, 5.41) is 10.9. The van der Waals surface area contributed by atoms with Gasteiger partial charge in [-0.05, 0) is 60.4 Å². The summed E-state index contributed by atoms with van der Waals surface area (Å²) in [5.74, 6) is 0.185. The van der Waals surface area contributed by atoms with E-state index in [0.717, 1.165) is 66.0 Å². The van der Waals surface area contributed by atoms with Gasteiger partial charge >= 0.3 is 12.1 Å². The number of benzene rings is 2. The highest BCUT2D eigenvalue weighted by molar-refractivity contribution is 5.97. The number of urea groups is 1. The van der Waals surface area contributed by atoms with Crippen molar-refractivity contribution in [3.63, 3.8) is 0 Å². The number of likely N-dealkylation sites (tertiary alicyclic amines) is 1. The number of carbonyl (C=O) groups excluding carboxylic acids is 4. The first kappa shape index (κ1) is 37.3. The van der Waals surface area contributed by atoms with Gasteiger partial charge in [0.05, 0.1) is 31.1 Å². The molecule has 0 spiro atoms. The summed E-state index contributed by atoms with van der Waals surface area (Å²) < 4.78 is 4.72. The zero-order valence-corrected chi connectivity index (χ0v) is 28.3. The molecule has 2 aliphatic heterocycles. The SMILES string of the molecule is COC(=O)N[C@H](C(=O)N1CCC[C@H]1c1ncc(-c2ccc(-c3ccc(CNC(=O)NC(=O)C4CCCN4)cc3)cc2)[nH]1)C(C)C.Cl.Cl. The molecule has 2 fully saturated rings. The summed E-state index contributed by atoms with van der Waals surface area (Å²) in [7, 11) is 1.28. The lowest BCUT2D eigenvalue weighted by atomic mass is 10.0. The van der Waals surface area contributed by atoms with Crippen LogP contribution in [-0.2, 0) is 20.9 Å². The number of alkyl carbamates (subject to hydrolysis) is 1. The number of nitrogens with zero attached hydrogens (tertiary/aromatic N) is 2. The third-order valence-corrected chi connectivity index (χ3v) is 8.39. The van der Waals surface area contributed by atoms with Crippen LogP contribution in [0.1, 0.15) is 57.0 Å². The molecule has 5 amide bonds. The van der Waals surface area contributed by atoms with E-state index in [1.54, 1.807) is 11.1 Å². The van der Waals surface area contributed by atoms with Crippen molar-refractivity contribution in [2.45, 2.75) is 64.2 Å². The van der Waals surface area contributed by atoms with Gasteiger partial charge in [0.1, 0.15) is 11.9 Å². The van der Waals surface area contributed by atoms with E-state index in [-0.39, 0.29) is 54.6 Å². The number of rotatable bonds is 9. The number of nitrogens with one attached hydrogen (secondary N) is 5. The Morgan fingerprint density at radius 1 is 0.957 bits per heavy atom. The molecule has 3 heterocycles. The Kier molecular flexibility index (Phi) is 13.6. The molecule has 5 N–H and O–H groups in total. The molecule has 2 aliphatic rings. The van der Waals surface area contributed by atoms with Gasteiger partial charge in [-0.15, -0.1) is 24.8 Å². The van der Waals surface area contributed by atoms with E-state index in [2.05, 4.69) is 31.2 Å².